The molecule has 0 atom stereocenters. The zero-order valence-corrected chi connectivity index (χ0v) is 16.4. The first-order valence-electron chi connectivity index (χ1n) is 8.20. The first-order chi connectivity index (χ1) is 13.1. The lowest BCUT2D eigenvalue weighted by atomic mass is 10.3. The van der Waals surface area contributed by atoms with Gasteiger partial charge in [-0.1, -0.05) is 29.0 Å². The SMILES string of the molecule is O=C(c1ccc(Cl)s1)N(CCCn1ccnc1)c1nc2c(F)cccc2s1. The molecular formula is C18H14ClFN4OS2. The van der Waals surface area contributed by atoms with E-state index in [2.05, 4.69) is 9.97 Å². The van der Waals surface area contributed by atoms with E-state index in [1.807, 2.05) is 10.8 Å². The number of amides is 1. The van der Waals surface area contributed by atoms with Crippen molar-refractivity contribution in [2.45, 2.75) is 13.0 Å². The number of para-hydroxylation sites is 1. The number of nitrogens with zero attached hydrogens (tertiary/aromatic N) is 4. The van der Waals surface area contributed by atoms with E-state index in [9.17, 15) is 9.18 Å². The lowest BCUT2D eigenvalue weighted by Crippen LogP contribution is -2.31. The third-order valence-corrected chi connectivity index (χ3v) is 6.24. The predicted octanol–water partition coefficient (Wildman–Crippen LogP) is 5.08. The second-order valence-corrected chi connectivity index (χ2v) is 8.52. The fourth-order valence-electron chi connectivity index (χ4n) is 2.70. The molecule has 0 fully saturated rings. The van der Waals surface area contributed by atoms with Gasteiger partial charge < -0.3 is 4.57 Å². The highest BCUT2D eigenvalue weighted by atomic mass is 35.5. The first kappa shape index (κ1) is 18.1. The lowest BCUT2D eigenvalue weighted by molar-refractivity contribution is 0.0990. The van der Waals surface area contributed by atoms with Crippen LogP contribution in [0.15, 0.2) is 49.1 Å². The second-order valence-electron chi connectivity index (χ2n) is 5.80. The second kappa shape index (κ2) is 7.75. The van der Waals surface area contributed by atoms with E-state index in [-0.39, 0.29) is 17.2 Å². The van der Waals surface area contributed by atoms with E-state index in [1.165, 1.54) is 28.7 Å². The predicted molar refractivity (Wildman–Crippen MR) is 107 cm³/mol. The Balaban J connectivity index is 1.63. The van der Waals surface area contributed by atoms with Crippen LogP contribution >= 0.6 is 34.3 Å². The molecule has 0 N–H and O–H groups in total. The molecule has 0 spiro atoms. The highest BCUT2D eigenvalue weighted by molar-refractivity contribution is 7.22. The normalized spacial score (nSPS) is 11.2. The maximum absolute atomic E-state index is 14.0. The van der Waals surface area contributed by atoms with Crippen LogP contribution in [0.2, 0.25) is 4.34 Å². The lowest BCUT2D eigenvalue weighted by Gasteiger charge is -2.19. The highest BCUT2D eigenvalue weighted by Gasteiger charge is 2.23. The molecule has 5 nitrogen and oxygen atoms in total. The van der Waals surface area contributed by atoms with Gasteiger partial charge in [0.05, 0.1) is 20.2 Å². The molecule has 3 heterocycles. The van der Waals surface area contributed by atoms with Crippen molar-refractivity contribution in [1.82, 2.24) is 14.5 Å². The molecule has 0 saturated carbocycles. The van der Waals surface area contributed by atoms with Gasteiger partial charge in [0.15, 0.2) is 5.13 Å². The van der Waals surface area contributed by atoms with Gasteiger partial charge in [0.25, 0.3) is 5.91 Å². The Kier molecular flexibility index (Phi) is 5.20. The van der Waals surface area contributed by atoms with Crippen molar-refractivity contribution < 1.29 is 9.18 Å². The maximum atomic E-state index is 14.0. The van der Waals surface area contributed by atoms with E-state index >= 15 is 0 Å². The van der Waals surface area contributed by atoms with E-state index in [4.69, 9.17) is 11.6 Å². The minimum atomic E-state index is -0.389. The average molecular weight is 421 g/mol. The summed E-state index contributed by atoms with van der Waals surface area (Å²) in [5.74, 6) is -0.572. The standard InChI is InChI=1S/C18H14ClFN4OS2/c19-15-6-5-14(26-15)17(25)24(9-2-8-23-10-7-21-11-23)18-22-16-12(20)3-1-4-13(16)27-18/h1,3-7,10-11H,2,8-9H2. The molecular weight excluding hydrogens is 407 g/mol. The molecule has 0 aliphatic carbocycles. The Morgan fingerprint density at radius 2 is 2.15 bits per heavy atom. The van der Waals surface area contributed by atoms with Crippen LogP contribution in [-0.2, 0) is 6.54 Å². The highest BCUT2D eigenvalue weighted by Crippen LogP contribution is 2.32. The van der Waals surface area contributed by atoms with E-state index in [0.29, 0.717) is 38.6 Å². The van der Waals surface area contributed by atoms with Gasteiger partial charge in [-0.3, -0.25) is 9.69 Å². The maximum Gasteiger partial charge on any atom is 0.270 e. The molecule has 1 aromatic carbocycles. The molecule has 0 bridgehead atoms. The molecule has 3 aromatic heterocycles. The molecule has 0 saturated heterocycles. The van der Waals surface area contributed by atoms with Crippen molar-refractivity contribution in [2.75, 3.05) is 11.4 Å². The molecule has 4 rings (SSSR count). The minimum absolute atomic E-state index is 0.183. The number of carbonyl (C=O) groups is 1. The van der Waals surface area contributed by atoms with E-state index in [1.54, 1.807) is 41.7 Å². The van der Waals surface area contributed by atoms with Crippen molar-refractivity contribution in [3.05, 3.63) is 64.1 Å². The zero-order valence-electron chi connectivity index (χ0n) is 14.0. The van der Waals surface area contributed by atoms with Gasteiger partial charge in [0.1, 0.15) is 11.3 Å². The Morgan fingerprint density at radius 3 is 2.85 bits per heavy atom. The van der Waals surface area contributed by atoms with Crippen LogP contribution in [-0.4, -0.2) is 27.0 Å². The van der Waals surface area contributed by atoms with Crippen LogP contribution in [0.1, 0.15) is 16.1 Å². The van der Waals surface area contributed by atoms with Crippen molar-refractivity contribution in [3.63, 3.8) is 0 Å². The Bertz CT molecular complexity index is 1080. The number of rotatable bonds is 6. The molecule has 0 unspecified atom stereocenters. The summed E-state index contributed by atoms with van der Waals surface area (Å²) in [4.78, 5) is 23.6. The smallest absolute Gasteiger partial charge is 0.270 e. The first-order valence-corrected chi connectivity index (χ1v) is 10.2. The van der Waals surface area contributed by atoms with Crippen molar-refractivity contribution >= 4 is 55.5 Å². The number of hydrogen-bond acceptors (Lipinski definition) is 5. The molecule has 138 valence electrons. The molecule has 0 aliphatic rings. The Hall–Kier alpha value is -2.29. The van der Waals surface area contributed by atoms with Gasteiger partial charge in [-0.05, 0) is 30.7 Å². The number of imidazole rings is 1. The fraction of sp³-hybridized carbons (Fsp3) is 0.167. The topological polar surface area (TPSA) is 51.0 Å². The van der Waals surface area contributed by atoms with Crippen molar-refractivity contribution in [2.24, 2.45) is 0 Å². The van der Waals surface area contributed by atoms with Crippen LogP contribution in [0.3, 0.4) is 0 Å². The summed E-state index contributed by atoms with van der Waals surface area (Å²) in [7, 11) is 0. The van der Waals surface area contributed by atoms with Crippen molar-refractivity contribution in [3.8, 4) is 0 Å². The largest absolute Gasteiger partial charge is 0.337 e. The fourth-order valence-corrected chi connectivity index (χ4v) is 4.69. The monoisotopic (exact) mass is 420 g/mol. The third-order valence-electron chi connectivity index (χ3n) is 3.98. The van der Waals surface area contributed by atoms with Crippen molar-refractivity contribution in [1.29, 1.82) is 0 Å². The van der Waals surface area contributed by atoms with Crippen LogP contribution < -0.4 is 4.90 Å². The molecule has 0 radical (unpaired) electrons. The third kappa shape index (κ3) is 3.87. The average Bonchev–Trinajstić information content (AvgIpc) is 3.39. The quantitative estimate of drug-likeness (QED) is 0.437. The molecule has 27 heavy (non-hydrogen) atoms. The number of benzene rings is 1. The van der Waals surface area contributed by atoms with Crippen LogP contribution in [0, 0.1) is 5.82 Å². The number of carbonyl (C=O) groups excluding carboxylic acids is 1. The summed E-state index contributed by atoms with van der Waals surface area (Å²) in [6, 6.07) is 8.21. The number of thiazole rings is 1. The summed E-state index contributed by atoms with van der Waals surface area (Å²) >= 11 is 8.51. The number of fused-ring (bicyclic) bond motifs is 1. The van der Waals surface area contributed by atoms with Gasteiger partial charge in [0.2, 0.25) is 0 Å². The number of aryl methyl sites for hydroxylation is 1. The summed E-state index contributed by atoms with van der Waals surface area (Å²) in [5.41, 5.74) is 0.286. The van der Waals surface area contributed by atoms with Gasteiger partial charge in [0, 0.05) is 25.5 Å². The van der Waals surface area contributed by atoms with Crippen LogP contribution in [0.25, 0.3) is 10.2 Å². The summed E-state index contributed by atoms with van der Waals surface area (Å²) < 4.78 is 17.2. The summed E-state index contributed by atoms with van der Waals surface area (Å²) in [5, 5.41) is 0.482. The molecule has 9 heteroatoms. The van der Waals surface area contributed by atoms with Gasteiger partial charge >= 0.3 is 0 Å². The van der Waals surface area contributed by atoms with Gasteiger partial charge in [-0.15, -0.1) is 11.3 Å². The number of halogens is 2. The zero-order chi connectivity index (χ0) is 18.8. The molecule has 1 amide bonds. The molecule has 4 aromatic rings. The molecule has 0 aliphatic heterocycles. The Labute approximate surface area is 167 Å². The van der Waals surface area contributed by atoms with E-state index in [0.717, 1.165) is 0 Å². The van der Waals surface area contributed by atoms with Crippen LogP contribution in [0.4, 0.5) is 9.52 Å². The summed E-state index contributed by atoms with van der Waals surface area (Å²) in [6.45, 7) is 1.17. The van der Waals surface area contributed by atoms with Gasteiger partial charge in [-0.25, -0.2) is 14.4 Å². The number of thiophene rings is 1. The Morgan fingerprint density at radius 1 is 1.26 bits per heavy atom. The van der Waals surface area contributed by atoms with E-state index < -0.39 is 0 Å². The summed E-state index contributed by atoms with van der Waals surface area (Å²) in [6.07, 6.45) is 6.03. The van der Waals surface area contributed by atoms with Crippen LogP contribution in [0.5, 0.6) is 0 Å². The number of aromatic nitrogens is 3. The minimum Gasteiger partial charge on any atom is -0.337 e. The van der Waals surface area contributed by atoms with Gasteiger partial charge in [-0.2, -0.15) is 0 Å². The number of hydrogen-bond donors (Lipinski definition) is 0. The number of anilines is 1.